The first-order valence-electron chi connectivity index (χ1n) is 11.8. The van der Waals surface area contributed by atoms with Crippen molar-refractivity contribution in [1.82, 2.24) is 14.7 Å². The predicted molar refractivity (Wildman–Crippen MR) is 121 cm³/mol. The van der Waals surface area contributed by atoms with Crippen LogP contribution in [0.2, 0.25) is 0 Å². The molecule has 0 aliphatic carbocycles. The molecule has 3 saturated heterocycles. The van der Waals surface area contributed by atoms with Gasteiger partial charge in [-0.15, -0.1) is 0 Å². The van der Waals surface area contributed by atoms with Crippen LogP contribution in [-0.2, 0) is 16.1 Å². The van der Waals surface area contributed by atoms with Gasteiger partial charge in [-0.05, 0) is 44.4 Å². The zero-order valence-corrected chi connectivity index (χ0v) is 19.5. The molecule has 1 aromatic rings. The number of nitrogens with zero attached hydrogens (tertiary/aromatic N) is 3. The van der Waals surface area contributed by atoms with Crippen LogP contribution in [0.25, 0.3) is 0 Å². The van der Waals surface area contributed by atoms with Crippen LogP contribution in [0.3, 0.4) is 0 Å². The number of rotatable bonds is 6. The van der Waals surface area contributed by atoms with Gasteiger partial charge in [0.25, 0.3) is 0 Å². The van der Waals surface area contributed by atoms with Gasteiger partial charge in [0.1, 0.15) is 5.75 Å². The van der Waals surface area contributed by atoms with Crippen LogP contribution in [-0.4, -0.2) is 71.9 Å². The molecule has 0 bridgehead atoms. The molecule has 170 valence electrons. The number of hydrogen-bond acceptors (Lipinski definition) is 4. The van der Waals surface area contributed by atoms with Crippen LogP contribution in [0.15, 0.2) is 24.3 Å². The lowest BCUT2D eigenvalue weighted by molar-refractivity contribution is -0.142. The molecule has 6 nitrogen and oxygen atoms in total. The zero-order valence-electron chi connectivity index (χ0n) is 19.5. The highest BCUT2D eigenvalue weighted by Gasteiger charge is 2.59. The molecule has 31 heavy (non-hydrogen) atoms. The number of likely N-dealkylation sites (tertiary alicyclic amines) is 3. The zero-order chi connectivity index (χ0) is 22.2. The first-order valence-corrected chi connectivity index (χ1v) is 11.8. The van der Waals surface area contributed by atoms with Gasteiger partial charge in [0.2, 0.25) is 11.8 Å². The lowest BCUT2D eigenvalue weighted by Gasteiger charge is -2.32. The van der Waals surface area contributed by atoms with Crippen molar-refractivity contribution < 1.29 is 14.3 Å². The summed E-state index contributed by atoms with van der Waals surface area (Å²) in [5.74, 6) is 1.53. The van der Waals surface area contributed by atoms with E-state index in [1.807, 2.05) is 44.7 Å². The molecule has 0 aromatic heterocycles. The van der Waals surface area contributed by atoms with Crippen molar-refractivity contribution in [3.05, 3.63) is 29.8 Å². The number of hydrogen-bond donors (Lipinski definition) is 0. The molecule has 0 radical (unpaired) electrons. The maximum Gasteiger partial charge on any atom is 0.232 e. The van der Waals surface area contributed by atoms with Crippen LogP contribution in [0, 0.1) is 17.3 Å². The monoisotopic (exact) mass is 427 g/mol. The summed E-state index contributed by atoms with van der Waals surface area (Å²) in [7, 11) is 0. The maximum atomic E-state index is 13.7. The highest BCUT2D eigenvalue weighted by Crippen LogP contribution is 2.45. The van der Waals surface area contributed by atoms with Gasteiger partial charge in [0.15, 0.2) is 0 Å². The summed E-state index contributed by atoms with van der Waals surface area (Å²) in [6.07, 6.45) is 2.35. The molecular weight excluding hydrogens is 390 g/mol. The van der Waals surface area contributed by atoms with Gasteiger partial charge < -0.3 is 14.5 Å². The number of ether oxygens (including phenoxy) is 1. The van der Waals surface area contributed by atoms with Gasteiger partial charge in [-0.25, -0.2) is 0 Å². The molecular formula is C25H37N3O3. The summed E-state index contributed by atoms with van der Waals surface area (Å²) in [4.78, 5) is 32.8. The van der Waals surface area contributed by atoms with Crippen molar-refractivity contribution in [2.45, 2.75) is 53.2 Å². The van der Waals surface area contributed by atoms with Crippen molar-refractivity contribution in [3.63, 3.8) is 0 Å². The van der Waals surface area contributed by atoms with E-state index in [-0.39, 0.29) is 29.8 Å². The minimum atomic E-state index is -0.449. The first kappa shape index (κ1) is 22.1. The molecule has 4 rings (SSSR count). The Morgan fingerprint density at radius 2 is 1.68 bits per heavy atom. The Hall–Kier alpha value is -2.08. The minimum absolute atomic E-state index is 0.0274. The Balaban J connectivity index is 1.49. The quantitative estimate of drug-likeness (QED) is 0.700. The summed E-state index contributed by atoms with van der Waals surface area (Å²) in [6, 6.07) is 8.30. The second-order valence-corrected chi connectivity index (χ2v) is 10.2. The van der Waals surface area contributed by atoms with Gasteiger partial charge >= 0.3 is 0 Å². The van der Waals surface area contributed by atoms with Crippen molar-refractivity contribution in [2.75, 3.05) is 39.3 Å². The molecule has 0 spiro atoms. The third-order valence-corrected chi connectivity index (χ3v) is 7.01. The van der Waals surface area contributed by atoms with E-state index in [0.29, 0.717) is 13.1 Å². The van der Waals surface area contributed by atoms with Crippen molar-refractivity contribution in [1.29, 1.82) is 0 Å². The normalized spacial score (nSPS) is 26.2. The summed E-state index contributed by atoms with van der Waals surface area (Å²) in [5.41, 5.74) is 0.783. The van der Waals surface area contributed by atoms with E-state index in [2.05, 4.69) is 21.9 Å². The maximum absolute atomic E-state index is 13.7. The van der Waals surface area contributed by atoms with Crippen molar-refractivity contribution >= 4 is 11.8 Å². The minimum Gasteiger partial charge on any atom is -0.491 e. The average molecular weight is 428 g/mol. The third kappa shape index (κ3) is 4.45. The van der Waals surface area contributed by atoms with Crippen LogP contribution in [0.1, 0.15) is 46.1 Å². The SMILES string of the molecule is CC(C)Oc1ccc(CN2C[C@@H]3CN(C(=O)C(C)C)C[C@]3(C(=O)N3CCCC3)C2)cc1. The predicted octanol–water partition coefficient (Wildman–Crippen LogP) is 3.01. The average Bonchev–Trinajstić information content (AvgIpc) is 3.43. The number of amides is 2. The number of benzene rings is 1. The van der Waals surface area contributed by atoms with Gasteiger partial charge in [0.05, 0.1) is 11.5 Å². The Morgan fingerprint density at radius 3 is 2.29 bits per heavy atom. The van der Waals surface area contributed by atoms with Gasteiger partial charge in [-0.1, -0.05) is 26.0 Å². The molecule has 0 saturated carbocycles. The fourth-order valence-electron chi connectivity index (χ4n) is 5.56. The topological polar surface area (TPSA) is 53.1 Å². The second-order valence-electron chi connectivity index (χ2n) is 10.2. The molecule has 3 aliphatic heterocycles. The molecule has 0 N–H and O–H groups in total. The number of fused-ring (bicyclic) bond motifs is 1. The van der Waals surface area contributed by atoms with E-state index in [0.717, 1.165) is 51.3 Å². The first-order chi connectivity index (χ1) is 14.8. The van der Waals surface area contributed by atoms with E-state index in [4.69, 9.17) is 4.74 Å². The van der Waals surface area contributed by atoms with E-state index < -0.39 is 5.41 Å². The van der Waals surface area contributed by atoms with Crippen LogP contribution >= 0.6 is 0 Å². The summed E-state index contributed by atoms with van der Waals surface area (Å²) < 4.78 is 5.76. The highest BCUT2D eigenvalue weighted by molar-refractivity contribution is 5.87. The van der Waals surface area contributed by atoms with Crippen molar-refractivity contribution in [3.8, 4) is 5.75 Å². The highest BCUT2D eigenvalue weighted by atomic mass is 16.5. The Labute approximate surface area is 186 Å². The standard InChI is InChI=1S/C25H37N3O3/c1-18(2)23(29)28-15-21-14-26(13-20-7-9-22(10-8-20)31-19(3)4)16-25(21,17-28)24(30)27-11-5-6-12-27/h7-10,18-19,21H,5-6,11-17H2,1-4H3/t21-,25-/m1/s1. The molecule has 0 unspecified atom stereocenters. The van der Waals surface area contributed by atoms with Gasteiger partial charge in [-0.3, -0.25) is 14.5 Å². The van der Waals surface area contributed by atoms with E-state index in [9.17, 15) is 9.59 Å². The van der Waals surface area contributed by atoms with E-state index >= 15 is 0 Å². The van der Waals surface area contributed by atoms with Crippen molar-refractivity contribution in [2.24, 2.45) is 17.3 Å². The van der Waals surface area contributed by atoms with Gasteiger partial charge in [-0.2, -0.15) is 0 Å². The van der Waals surface area contributed by atoms with Crippen LogP contribution in [0.5, 0.6) is 5.75 Å². The lowest BCUT2D eigenvalue weighted by Crippen LogP contribution is -2.49. The molecule has 6 heteroatoms. The molecule has 3 heterocycles. The number of carbonyl (C=O) groups is 2. The summed E-state index contributed by atoms with van der Waals surface area (Å²) >= 11 is 0. The molecule has 2 amide bonds. The Bertz CT molecular complexity index is 801. The second kappa shape index (κ2) is 8.81. The molecule has 1 aromatic carbocycles. The Kier molecular flexibility index (Phi) is 6.29. The summed E-state index contributed by atoms with van der Waals surface area (Å²) in [5, 5.41) is 0. The summed E-state index contributed by atoms with van der Waals surface area (Å²) in [6.45, 7) is 13.4. The molecule has 2 atom stereocenters. The van der Waals surface area contributed by atoms with Crippen LogP contribution < -0.4 is 4.74 Å². The van der Waals surface area contributed by atoms with E-state index in [1.54, 1.807) is 0 Å². The molecule has 3 aliphatic rings. The smallest absolute Gasteiger partial charge is 0.232 e. The third-order valence-electron chi connectivity index (χ3n) is 7.01. The fraction of sp³-hybridized carbons (Fsp3) is 0.680. The number of carbonyl (C=O) groups excluding carboxylic acids is 2. The fourth-order valence-corrected chi connectivity index (χ4v) is 5.56. The molecule has 3 fully saturated rings. The van der Waals surface area contributed by atoms with E-state index in [1.165, 1.54) is 5.56 Å². The Morgan fingerprint density at radius 1 is 1.00 bits per heavy atom. The lowest BCUT2D eigenvalue weighted by atomic mass is 9.79. The van der Waals surface area contributed by atoms with Gasteiger partial charge in [0, 0.05) is 57.6 Å². The van der Waals surface area contributed by atoms with Crippen LogP contribution in [0.4, 0.5) is 0 Å². The largest absolute Gasteiger partial charge is 0.491 e.